The molecule has 2 fully saturated rings. The molecule has 2 aliphatic rings. The Morgan fingerprint density at radius 2 is 1.93 bits per heavy atom. The van der Waals surface area contributed by atoms with Gasteiger partial charge < -0.3 is 10.6 Å². The smallest absolute Gasteiger partial charge is 0.223 e. The monoisotopic (exact) mass is 196 g/mol. The lowest BCUT2D eigenvalue weighted by Crippen LogP contribution is -2.40. The van der Waals surface area contributed by atoms with Crippen molar-refractivity contribution >= 4 is 5.91 Å². The molecule has 0 aromatic carbocycles. The molecule has 0 aromatic rings. The summed E-state index contributed by atoms with van der Waals surface area (Å²) in [6.45, 7) is 2.01. The van der Waals surface area contributed by atoms with Crippen LogP contribution in [-0.4, -0.2) is 25.0 Å². The Labute approximate surface area is 85.6 Å². The maximum atomic E-state index is 11.8. The third kappa shape index (κ3) is 2.47. The van der Waals surface area contributed by atoms with Crippen molar-refractivity contribution in [2.45, 2.75) is 44.6 Å². The zero-order chi connectivity index (χ0) is 9.80. The predicted octanol–water partition coefficient (Wildman–Crippen LogP) is 1.04. The molecule has 2 N–H and O–H groups in total. The van der Waals surface area contributed by atoms with Gasteiger partial charge in [0.2, 0.25) is 5.91 Å². The summed E-state index contributed by atoms with van der Waals surface area (Å²) in [5.41, 5.74) is 0. The lowest BCUT2D eigenvalue weighted by molar-refractivity contribution is -0.126. The summed E-state index contributed by atoms with van der Waals surface area (Å²) in [5, 5.41) is 6.41. The summed E-state index contributed by atoms with van der Waals surface area (Å²) in [4.78, 5) is 11.8. The number of carbonyl (C=O) groups excluding carboxylic acids is 1. The van der Waals surface area contributed by atoms with Gasteiger partial charge in [-0.25, -0.2) is 0 Å². The van der Waals surface area contributed by atoms with E-state index in [1.807, 2.05) is 0 Å². The molecule has 1 aliphatic carbocycles. The average Bonchev–Trinajstić information content (AvgIpc) is 2.72. The summed E-state index contributed by atoms with van der Waals surface area (Å²) in [6, 6.07) is 0.393. The topological polar surface area (TPSA) is 41.1 Å². The van der Waals surface area contributed by atoms with E-state index in [9.17, 15) is 4.79 Å². The molecule has 3 nitrogen and oxygen atoms in total. The van der Waals surface area contributed by atoms with Crippen molar-refractivity contribution in [2.24, 2.45) is 5.92 Å². The minimum Gasteiger partial charge on any atom is -0.352 e. The van der Waals surface area contributed by atoms with E-state index in [-0.39, 0.29) is 0 Å². The molecule has 0 spiro atoms. The standard InChI is InChI=1S/C11H20N2O/c14-11(9-4-2-1-3-5-9)13-10-6-7-12-8-10/h9-10,12H,1-8H2,(H,13,14)/t10-/m1/s1. The fraction of sp³-hybridized carbons (Fsp3) is 0.909. The first-order chi connectivity index (χ1) is 6.86. The van der Waals surface area contributed by atoms with E-state index in [1.165, 1.54) is 19.3 Å². The molecule has 1 aliphatic heterocycles. The second-order valence-corrected chi connectivity index (χ2v) is 4.53. The van der Waals surface area contributed by atoms with Crippen molar-refractivity contribution in [2.75, 3.05) is 13.1 Å². The van der Waals surface area contributed by atoms with Crippen molar-refractivity contribution in [3.8, 4) is 0 Å². The van der Waals surface area contributed by atoms with E-state index in [4.69, 9.17) is 0 Å². The van der Waals surface area contributed by atoms with Crippen LogP contribution in [0.1, 0.15) is 38.5 Å². The number of nitrogens with one attached hydrogen (secondary N) is 2. The van der Waals surface area contributed by atoms with Crippen LogP contribution in [0.2, 0.25) is 0 Å². The van der Waals surface area contributed by atoms with Gasteiger partial charge in [0.1, 0.15) is 0 Å². The molecular formula is C11H20N2O. The van der Waals surface area contributed by atoms with Crippen LogP contribution in [-0.2, 0) is 4.79 Å². The summed E-state index contributed by atoms with van der Waals surface area (Å²) in [6.07, 6.45) is 7.09. The van der Waals surface area contributed by atoms with Crippen molar-refractivity contribution < 1.29 is 4.79 Å². The zero-order valence-electron chi connectivity index (χ0n) is 8.72. The third-order valence-corrected chi connectivity index (χ3v) is 3.38. The molecule has 80 valence electrons. The van der Waals surface area contributed by atoms with Crippen LogP contribution in [0.25, 0.3) is 0 Å². The Bertz CT molecular complexity index is 193. The highest BCUT2D eigenvalue weighted by atomic mass is 16.1. The minimum atomic E-state index is 0.304. The van der Waals surface area contributed by atoms with E-state index >= 15 is 0 Å². The van der Waals surface area contributed by atoms with E-state index in [0.717, 1.165) is 32.4 Å². The Hall–Kier alpha value is -0.570. The molecule has 1 amide bonds. The number of rotatable bonds is 2. The Kier molecular flexibility index (Phi) is 3.40. The fourth-order valence-electron chi connectivity index (χ4n) is 2.46. The van der Waals surface area contributed by atoms with Crippen LogP contribution in [0.4, 0.5) is 0 Å². The van der Waals surface area contributed by atoms with Crippen LogP contribution in [0.15, 0.2) is 0 Å². The van der Waals surface area contributed by atoms with E-state index in [2.05, 4.69) is 10.6 Å². The van der Waals surface area contributed by atoms with E-state index < -0.39 is 0 Å². The number of carbonyl (C=O) groups is 1. The second kappa shape index (κ2) is 4.78. The number of hydrogen-bond donors (Lipinski definition) is 2. The largest absolute Gasteiger partial charge is 0.352 e. The predicted molar refractivity (Wildman–Crippen MR) is 56.0 cm³/mol. The molecule has 1 heterocycles. The van der Waals surface area contributed by atoms with Crippen LogP contribution < -0.4 is 10.6 Å². The summed E-state index contributed by atoms with van der Waals surface area (Å²) in [5.74, 6) is 0.614. The van der Waals surface area contributed by atoms with Crippen molar-refractivity contribution in [3.63, 3.8) is 0 Å². The molecule has 0 unspecified atom stereocenters. The highest BCUT2D eigenvalue weighted by Crippen LogP contribution is 2.23. The highest BCUT2D eigenvalue weighted by Gasteiger charge is 2.24. The molecule has 3 heteroatoms. The highest BCUT2D eigenvalue weighted by molar-refractivity contribution is 5.79. The molecule has 1 saturated carbocycles. The van der Waals surface area contributed by atoms with Crippen molar-refractivity contribution in [3.05, 3.63) is 0 Å². The molecule has 2 rings (SSSR count). The second-order valence-electron chi connectivity index (χ2n) is 4.53. The van der Waals surface area contributed by atoms with Gasteiger partial charge in [0.05, 0.1) is 0 Å². The Balaban J connectivity index is 1.75. The lowest BCUT2D eigenvalue weighted by atomic mass is 9.88. The Morgan fingerprint density at radius 3 is 2.57 bits per heavy atom. The van der Waals surface area contributed by atoms with Gasteiger partial charge in [-0.1, -0.05) is 19.3 Å². The molecule has 0 bridgehead atoms. The molecule has 1 atom stereocenters. The van der Waals surface area contributed by atoms with Crippen LogP contribution in [0.3, 0.4) is 0 Å². The lowest BCUT2D eigenvalue weighted by Gasteiger charge is -2.22. The van der Waals surface area contributed by atoms with Gasteiger partial charge in [-0.2, -0.15) is 0 Å². The van der Waals surface area contributed by atoms with Crippen LogP contribution >= 0.6 is 0 Å². The first-order valence-electron chi connectivity index (χ1n) is 5.87. The third-order valence-electron chi connectivity index (χ3n) is 3.38. The normalized spacial score (nSPS) is 29.0. The van der Waals surface area contributed by atoms with Gasteiger partial charge in [-0.15, -0.1) is 0 Å². The molecule has 0 radical (unpaired) electrons. The molecular weight excluding hydrogens is 176 g/mol. The average molecular weight is 196 g/mol. The quantitative estimate of drug-likeness (QED) is 0.693. The molecule has 1 saturated heterocycles. The Morgan fingerprint density at radius 1 is 1.14 bits per heavy atom. The maximum Gasteiger partial charge on any atom is 0.223 e. The summed E-state index contributed by atoms with van der Waals surface area (Å²) < 4.78 is 0. The first-order valence-corrected chi connectivity index (χ1v) is 5.87. The minimum absolute atomic E-state index is 0.304. The molecule has 0 aromatic heterocycles. The fourth-order valence-corrected chi connectivity index (χ4v) is 2.46. The van der Waals surface area contributed by atoms with Gasteiger partial charge >= 0.3 is 0 Å². The summed E-state index contributed by atoms with van der Waals surface area (Å²) >= 11 is 0. The van der Waals surface area contributed by atoms with Gasteiger partial charge in [-0.3, -0.25) is 4.79 Å². The molecule has 14 heavy (non-hydrogen) atoms. The van der Waals surface area contributed by atoms with Gasteiger partial charge in [0, 0.05) is 18.5 Å². The van der Waals surface area contributed by atoms with Crippen molar-refractivity contribution in [1.82, 2.24) is 10.6 Å². The van der Waals surface area contributed by atoms with Gasteiger partial charge in [-0.05, 0) is 25.8 Å². The maximum absolute atomic E-state index is 11.8. The zero-order valence-corrected chi connectivity index (χ0v) is 8.72. The number of amides is 1. The van der Waals surface area contributed by atoms with E-state index in [0.29, 0.717) is 17.9 Å². The number of hydrogen-bond acceptors (Lipinski definition) is 2. The van der Waals surface area contributed by atoms with Gasteiger partial charge in [0.15, 0.2) is 0 Å². The first kappa shape index (κ1) is 9.97. The van der Waals surface area contributed by atoms with Gasteiger partial charge in [0.25, 0.3) is 0 Å². The SMILES string of the molecule is O=C(N[C@@H]1CCNC1)C1CCCCC1. The van der Waals surface area contributed by atoms with Crippen LogP contribution in [0.5, 0.6) is 0 Å². The van der Waals surface area contributed by atoms with Crippen LogP contribution in [0, 0.1) is 5.92 Å². The summed E-state index contributed by atoms with van der Waals surface area (Å²) in [7, 11) is 0. The van der Waals surface area contributed by atoms with E-state index in [1.54, 1.807) is 0 Å². The van der Waals surface area contributed by atoms with Crippen molar-refractivity contribution in [1.29, 1.82) is 0 Å².